The van der Waals surface area contributed by atoms with Gasteiger partial charge in [0, 0.05) is 12.1 Å². The quantitative estimate of drug-likeness (QED) is 0.700. The monoisotopic (exact) mass is 241 g/mol. The van der Waals surface area contributed by atoms with Crippen LogP contribution in [0.2, 0.25) is 0 Å². The van der Waals surface area contributed by atoms with Crippen LogP contribution in [0.3, 0.4) is 0 Å². The lowest BCUT2D eigenvalue weighted by atomic mass is 9.83. The first-order valence-corrected chi connectivity index (χ1v) is 7.57. The van der Waals surface area contributed by atoms with E-state index in [9.17, 15) is 0 Å². The first-order valence-electron chi connectivity index (χ1n) is 7.57. The molecule has 1 atom stereocenters. The Hall–Kier alpha value is -0.0800. The lowest BCUT2D eigenvalue weighted by Crippen LogP contribution is -2.46. The molecule has 0 saturated heterocycles. The Bertz CT molecular complexity index is 187. The van der Waals surface area contributed by atoms with Crippen molar-refractivity contribution in [1.82, 2.24) is 0 Å². The molecule has 1 aliphatic rings. The van der Waals surface area contributed by atoms with Gasteiger partial charge in [0.15, 0.2) is 0 Å². The predicted octanol–water partition coefficient (Wildman–Crippen LogP) is 3.88. The Labute approximate surface area is 107 Å². The summed E-state index contributed by atoms with van der Waals surface area (Å²) in [7, 11) is 0. The Balaban J connectivity index is 2.16. The zero-order valence-corrected chi connectivity index (χ0v) is 11.8. The number of nitrogens with two attached hydrogens (primary N) is 1. The van der Waals surface area contributed by atoms with Crippen LogP contribution in [0.15, 0.2) is 0 Å². The summed E-state index contributed by atoms with van der Waals surface area (Å²) < 4.78 is 5.90. The zero-order chi connectivity index (χ0) is 12.6. The second-order valence-corrected chi connectivity index (χ2v) is 5.85. The first-order chi connectivity index (χ1) is 8.20. The highest BCUT2D eigenvalue weighted by Gasteiger charge is 2.27. The molecule has 0 aliphatic heterocycles. The molecule has 0 radical (unpaired) electrons. The van der Waals surface area contributed by atoms with Gasteiger partial charge in [-0.3, -0.25) is 0 Å². The molecule has 0 aromatic heterocycles. The average molecular weight is 241 g/mol. The van der Waals surface area contributed by atoms with E-state index in [1.54, 1.807) is 0 Å². The van der Waals surface area contributed by atoms with Crippen LogP contribution < -0.4 is 5.73 Å². The summed E-state index contributed by atoms with van der Waals surface area (Å²) in [6.45, 7) is 6.21. The van der Waals surface area contributed by atoms with E-state index in [4.69, 9.17) is 10.5 Å². The van der Waals surface area contributed by atoms with Gasteiger partial charge in [0.05, 0.1) is 6.61 Å². The molecule has 0 amide bonds. The highest BCUT2D eigenvalue weighted by Crippen LogP contribution is 2.26. The molecule has 1 unspecified atom stereocenters. The number of hydrogen-bond acceptors (Lipinski definition) is 2. The molecule has 2 heteroatoms. The van der Waals surface area contributed by atoms with Crippen LogP contribution in [0.5, 0.6) is 0 Å². The lowest BCUT2D eigenvalue weighted by molar-refractivity contribution is 0.0431. The van der Waals surface area contributed by atoms with Crippen LogP contribution in [-0.4, -0.2) is 18.8 Å². The van der Waals surface area contributed by atoms with Crippen molar-refractivity contribution in [3.8, 4) is 0 Å². The molecule has 102 valence electrons. The summed E-state index contributed by atoms with van der Waals surface area (Å²) >= 11 is 0. The minimum atomic E-state index is -0.0126. The van der Waals surface area contributed by atoms with Crippen LogP contribution in [0.25, 0.3) is 0 Å². The molecular formula is C15H31NO. The number of unbranched alkanes of at least 4 members (excludes halogenated alkanes) is 1. The summed E-state index contributed by atoms with van der Waals surface area (Å²) in [5.74, 6) is 0.738. The van der Waals surface area contributed by atoms with E-state index in [2.05, 4.69) is 13.8 Å². The predicted molar refractivity (Wildman–Crippen MR) is 74.1 cm³/mol. The third kappa shape index (κ3) is 5.87. The largest absolute Gasteiger partial charge is 0.379 e. The molecule has 0 heterocycles. The van der Waals surface area contributed by atoms with Gasteiger partial charge in [-0.25, -0.2) is 0 Å². The molecular weight excluding hydrogens is 210 g/mol. The summed E-state index contributed by atoms with van der Waals surface area (Å²) in [6.07, 6.45) is 11.4. The normalized spacial score (nSPS) is 21.4. The van der Waals surface area contributed by atoms with Crippen molar-refractivity contribution in [2.24, 2.45) is 11.7 Å². The maximum atomic E-state index is 6.36. The van der Waals surface area contributed by atoms with Gasteiger partial charge in [0.25, 0.3) is 0 Å². The van der Waals surface area contributed by atoms with Crippen molar-refractivity contribution in [2.45, 2.75) is 77.2 Å². The third-order valence-corrected chi connectivity index (χ3v) is 4.14. The Kier molecular flexibility index (Phi) is 7.14. The van der Waals surface area contributed by atoms with Crippen molar-refractivity contribution in [3.63, 3.8) is 0 Å². The van der Waals surface area contributed by atoms with Gasteiger partial charge in [0.2, 0.25) is 0 Å². The van der Waals surface area contributed by atoms with E-state index in [1.807, 2.05) is 0 Å². The molecule has 2 N–H and O–H groups in total. The minimum absolute atomic E-state index is 0.0126. The molecule has 2 nitrogen and oxygen atoms in total. The topological polar surface area (TPSA) is 35.2 Å². The standard InChI is InChI=1S/C15H31NO/c1-3-5-9-14(4-2)12-17-13-15(16)10-7-6-8-11-15/h14H,3-13,16H2,1-2H3. The van der Waals surface area contributed by atoms with Crippen LogP contribution in [0.1, 0.15) is 71.6 Å². The second-order valence-electron chi connectivity index (χ2n) is 5.85. The average Bonchev–Trinajstić information content (AvgIpc) is 2.34. The van der Waals surface area contributed by atoms with Crippen molar-refractivity contribution in [1.29, 1.82) is 0 Å². The first kappa shape index (κ1) is 15.0. The van der Waals surface area contributed by atoms with Gasteiger partial charge < -0.3 is 10.5 Å². The van der Waals surface area contributed by atoms with Gasteiger partial charge in [-0.05, 0) is 25.2 Å². The highest BCUT2D eigenvalue weighted by atomic mass is 16.5. The summed E-state index contributed by atoms with van der Waals surface area (Å²) in [6, 6.07) is 0. The molecule has 1 aliphatic carbocycles. The van der Waals surface area contributed by atoms with Gasteiger partial charge in [-0.1, -0.05) is 52.4 Å². The van der Waals surface area contributed by atoms with E-state index < -0.39 is 0 Å². The molecule has 0 aromatic rings. The SMILES string of the molecule is CCCCC(CC)COCC1(N)CCCCC1. The Morgan fingerprint density at radius 1 is 1.18 bits per heavy atom. The third-order valence-electron chi connectivity index (χ3n) is 4.14. The van der Waals surface area contributed by atoms with Crippen LogP contribution in [0, 0.1) is 5.92 Å². The Morgan fingerprint density at radius 2 is 1.88 bits per heavy atom. The molecule has 17 heavy (non-hydrogen) atoms. The van der Waals surface area contributed by atoms with E-state index in [0.29, 0.717) is 0 Å². The lowest BCUT2D eigenvalue weighted by Gasteiger charge is -2.33. The molecule has 0 bridgehead atoms. The molecule has 0 spiro atoms. The van der Waals surface area contributed by atoms with Gasteiger partial charge >= 0.3 is 0 Å². The fourth-order valence-corrected chi connectivity index (χ4v) is 2.73. The van der Waals surface area contributed by atoms with E-state index >= 15 is 0 Å². The molecule has 1 fully saturated rings. The number of hydrogen-bond donors (Lipinski definition) is 1. The van der Waals surface area contributed by atoms with Gasteiger partial charge in [-0.2, -0.15) is 0 Å². The number of rotatable bonds is 8. The highest BCUT2D eigenvalue weighted by molar-refractivity contribution is 4.87. The van der Waals surface area contributed by atoms with E-state index in [-0.39, 0.29) is 5.54 Å². The molecule has 0 aromatic carbocycles. The van der Waals surface area contributed by atoms with Crippen molar-refractivity contribution >= 4 is 0 Å². The summed E-state index contributed by atoms with van der Waals surface area (Å²) in [5, 5.41) is 0. The van der Waals surface area contributed by atoms with Gasteiger partial charge in [0.1, 0.15) is 0 Å². The minimum Gasteiger partial charge on any atom is -0.379 e. The molecule has 1 rings (SSSR count). The Morgan fingerprint density at radius 3 is 2.47 bits per heavy atom. The van der Waals surface area contributed by atoms with Crippen LogP contribution in [-0.2, 0) is 4.74 Å². The fraction of sp³-hybridized carbons (Fsp3) is 1.00. The van der Waals surface area contributed by atoms with Crippen molar-refractivity contribution < 1.29 is 4.74 Å². The second kappa shape index (κ2) is 8.10. The molecule has 1 saturated carbocycles. The smallest absolute Gasteiger partial charge is 0.0646 e. The zero-order valence-electron chi connectivity index (χ0n) is 11.8. The maximum Gasteiger partial charge on any atom is 0.0646 e. The summed E-state index contributed by atoms with van der Waals surface area (Å²) in [5.41, 5.74) is 6.35. The van der Waals surface area contributed by atoms with E-state index in [1.165, 1.54) is 44.9 Å². The number of ether oxygens (including phenoxy) is 1. The summed E-state index contributed by atoms with van der Waals surface area (Å²) in [4.78, 5) is 0. The fourth-order valence-electron chi connectivity index (χ4n) is 2.73. The maximum absolute atomic E-state index is 6.36. The van der Waals surface area contributed by atoms with Crippen molar-refractivity contribution in [2.75, 3.05) is 13.2 Å². The van der Waals surface area contributed by atoms with Crippen LogP contribution in [0.4, 0.5) is 0 Å². The van der Waals surface area contributed by atoms with E-state index in [0.717, 1.165) is 32.0 Å². The van der Waals surface area contributed by atoms with Crippen molar-refractivity contribution in [3.05, 3.63) is 0 Å². The van der Waals surface area contributed by atoms with Crippen LogP contribution >= 0.6 is 0 Å². The van der Waals surface area contributed by atoms with Gasteiger partial charge in [-0.15, -0.1) is 0 Å².